The number of benzene rings is 1. The Morgan fingerprint density at radius 3 is 2.84 bits per heavy atom. The highest BCUT2D eigenvalue weighted by Gasteiger charge is 2.54. The minimum atomic E-state index is -0.924. The minimum absolute atomic E-state index is 0.158. The number of aromatic nitrogens is 1. The number of hydrogen-bond acceptors (Lipinski definition) is 3. The average molecular weight is 254 g/mol. The number of nitrogens with one attached hydrogen (secondary N) is 2. The molecule has 1 amide bonds. The van der Waals surface area contributed by atoms with Gasteiger partial charge in [-0.1, -0.05) is 18.2 Å². The molecule has 0 saturated carbocycles. The van der Waals surface area contributed by atoms with Crippen molar-refractivity contribution < 1.29 is 9.53 Å². The minimum Gasteiger partial charge on any atom is -0.490 e. The van der Waals surface area contributed by atoms with E-state index in [2.05, 4.69) is 10.3 Å². The van der Waals surface area contributed by atoms with E-state index in [1.54, 1.807) is 6.07 Å². The van der Waals surface area contributed by atoms with Crippen LogP contribution in [0.25, 0.3) is 0 Å². The van der Waals surface area contributed by atoms with Gasteiger partial charge in [-0.2, -0.15) is 0 Å². The van der Waals surface area contributed by atoms with Crippen LogP contribution >= 0.6 is 0 Å². The largest absolute Gasteiger partial charge is 0.490 e. The monoisotopic (exact) mass is 254 g/mol. The van der Waals surface area contributed by atoms with E-state index in [1.807, 2.05) is 24.3 Å². The van der Waals surface area contributed by atoms with E-state index in [4.69, 9.17) is 4.74 Å². The van der Waals surface area contributed by atoms with Crippen LogP contribution in [0.5, 0.6) is 5.75 Å². The maximum absolute atomic E-state index is 12.4. The fourth-order valence-corrected chi connectivity index (χ4v) is 2.86. The van der Waals surface area contributed by atoms with Gasteiger partial charge < -0.3 is 15.0 Å². The summed E-state index contributed by atoms with van der Waals surface area (Å²) < 4.78 is 5.59. The number of pyridine rings is 1. The molecule has 0 aliphatic carbocycles. The fraction of sp³-hybridized carbons (Fsp3) is 0.143. The third-order valence-corrected chi connectivity index (χ3v) is 3.77. The van der Waals surface area contributed by atoms with Gasteiger partial charge in [0.2, 0.25) is 11.5 Å². The van der Waals surface area contributed by atoms with Crippen molar-refractivity contribution in [1.29, 1.82) is 0 Å². The summed E-state index contributed by atoms with van der Waals surface area (Å²) >= 11 is 0. The number of hydrogen-bond donors (Lipinski definition) is 2. The van der Waals surface area contributed by atoms with E-state index in [0.717, 1.165) is 11.3 Å². The normalized spacial score (nSPS) is 22.8. The SMILES string of the molecule is O=C1Nc2ccccc2C12COc1ccc(=O)[nH]c12. The van der Waals surface area contributed by atoms with Gasteiger partial charge in [-0.3, -0.25) is 9.59 Å². The third-order valence-electron chi connectivity index (χ3n) is 3.77. The van der Waals surface area contributed by atoms with Gasteiger partial charge in [0.15, 0.2) is 5.41 Å². The van der Waals surface area contributed by atoms with Crippen molar-refractivity contribution in [2.45, 2.75) is 5.41 Å². The van der Waals surface area contributed by atoms with E-state index in [1.165, 1.54) is 6.07 Å². The number of aromatic amines is 1. The number of para-hydroxylation sites is 1. The van der Waals surface area contributed by atoms with Gasteiger partial charge in [0.05, 0.1) is 5.69 Å². The van der Waals surface area contributed by atoms with Gasteiger partial charge in [-0.25, -0.2) is 0 Å². The number of ether oxygens (including phenoxy) is 1. The molecule has 0 fully saturated rings. The van der Waals surface area contributed by atoms with Gasteiger partial charge in [0, 0.05) is 17.3 Å². The van der Waals surface area contributed by atoms with Crippen LogP contribution < -0.4 is 15.6 Å². The first kappa shape index (κ1) is 10.4. The second kappa shape index (κ2) is 3.26. The number of H-pyrrole nitrogens is 1. The Hall–Kier alpha value is -2.56. The number of amides is 1. The number of rotatable bonds is 0. The highest BCUT2D eigenvalue weighted by molar-refractivity contribution is 6.09. The smallest absolute Gasteiger partial charge is 0.248 e. The van der Waals surface area contributed by atoms with Crippen molar-refractivity contribution in [3.63, 3.8) is 0 Å². The zero-order chi connectivity index (χ0) is 13.0. The Morgan fingerprint density at radius 2 is 1.95 bits per heavy atom. The standard InChI is InChI=1S/C14H10N2O3/c17-11-6-5-10-12(16-11)14(7-19-10)8-3-1-2-4-9(8)15-13(14)18/h1-6H,7H2,(H,15,18)(H,16,17). The molecule has 19 heavy (non-hydrogen) atoms. The van der Waals surface area contributed by atoms with Crippen molar-refractivity contribution in [2.75, 3.05) is 11.9 Å². The lowest BCUT2D eigenvalue weighted by molar-refractivity contribution is -0.119. The molecule has 0 bridgehead atoms. The molecule has 0 saturated heterocycles. The first-order valence-electron chi connectivity index (χ1n) is 5.99. The molecule has 1 atom stereocenters. The number of carbonyl (C=O) groups excluding carboxylic acids is 1. The molecule has 1 aromatic heterocycles. The quantitative estimate of drug-likeness (QED) is 0.737. The summed E-state index contributed by atoms with van der Waals surface area (Å²) in [5.74, 6) is 0.403. The zero-order valence-electron chi connectivity index (χ0n) is 9.90. The van der Waals surface area contributed by atoms with Gasteiger partial charge in [-0.15, -0.1) is 0 Å². The van der Waals surface area contributed by atoms with E-state index in [-0.39, 0.29) is 18.1 Å². The van der Waals surface area contributed by atoms with Crippen molar-refractivity contribution in [2.24, 2.45) is 0 Å². The summed E-state index contributed by atoms with van der Waals surface area (Å²) in [4.78, 5) is 26.7. The second-order valence-corrected chi connectivity index (χ2v) is 4.76. The molecule has 2 aromatic rings. The van der Waals surface area contributed by atoms with Crippen LogP contribution in [0.4, 0.5) is 5.69 Å². The van der Waals surface area contributed by atoms with E-state index >= 15 is 0 Å². The first-order valence-corrected chi connectivity index (χ1v) is 5.99. The van der Waals surface area contributed by atoms with E-state index in [9.17, 15) is 9.59 Å². The van der Waals surface area contributed by atoms with E-state index in [0.29, 0.717) is 11.4 Å². The molecule has 2 aliphatic heterocycles. The molecule has 1 aromatic carbocycles. The van der Waals surface area contributed by atoms with Crippen LogP contribution in [-0.2, 0) is 10.2 Å². The zero-order valence-corrected chi connectivity index (χ0v) is 9.90. The Labute approximate surface area is 108 Å². The molecule has 5 heteroatoms. The number of carbonyl (C=O) groups is 1. The molecule has 3 heterocycles. The lowest BCUT2D eigenvalue weighted by Gasteiger charge is -2.19. The molecular formula is C14H10N2O3. The van der Waals surface area contributed by atoms with Crippen LogP contribution in [0.3, 0.4) is 0 Å². The van der Waals surface area contributed by atoms with Crippen molar-refractivity contribution in [3.05, 3.63) is 58.0 Å². The van der Waals surface area contributed by atoms with Gasteiger partial charge in [0.1, 0.15) is 12.4 Å². The summed E-state index contributed by atoms with van der Waals surface area (Å²) in [7, 11) is 0. The van der Waals surface area contributed by atoms with Crippen molar-refractivity contribution in [1.82, 2.24) is 4.98 Å². The third kappa shape index (κ3) is 1.14. The molecule has 1 spiro atoms. The lowest BCUT2D eigenvalue weighted by atomic mass is 9.80. The lowest BCUT2D eigenvalue weighted by Crippen LogP contribution is -2.38. The highest BCUT2D eigenvalue weighted by atomic mass is 16.5. The first-order chi connectivity index (χ1) is 9.22. The summed E-state index contributed by atoms with van der Waals surface area (Å²) in [6.07, 6.45) is 0. The fourth-order valence-electron chi connectivity index (χ4n) is 2.86. The van der Waals surface area contributed by atoms with Gasteiger partial charge >= 0.3 is 0 Å². The topological polar surface area (TPSA) is 71.2 Å². The maximum Gasteiger partial charge on any atom is 0.248 e. The molecule has 2 aliphatic rings. The van der Waals surface area contributed by atoms with Gasteiger partial charge in [-0.05, 0) is 12.1 Å². The molecule has 4 rings (SSSR count). The second-order valence-electron chi connectivity index (χ2n) is 4.76. The summed E-state index contributed by atoms with van der Waals surface area (Å²) in [6, 6.07) is 10.5. The molecular weight excluding hydrogens is 244 g/mol. The van der Waals surface area contributed by atoms with Crippen LogP contribution in [0.15, 0.2) is 41.2 Å². The Morgan fingerprint density at radius 1 is 1.11 bits per heavy atom. The molecule has 94 valence electrons. The summed E-state index contributed by atoms with van der Waals surface area (Å²) in [6.45, 7) is 0.213. The molecule has 2 N–H and O–H groups in total. The van der Waals surface area contributed by atoms with E-state index < -0.39 is 5.41 Å². The Balaban J connectivity index is 2.06. The molecule has 1 unspecified atom stereocenters. The maximum atomic E-state index is 12.4. The summed E-state index contributed by atoms with van der Waals surface area (Å²) in [5.41, 5.74) is 1.00. The number of anilines is 1. The average Bonchev–Trinajstić information content (AvgIpc) is 2.92. The predicted octanol–water partition coefficient (Wildman–Crippen LogP) is 1.01. The number of fused-ring (bicyclic) bond motifs is 4. The Kier molecular flexibility index (Phi) is 1.78. The summed E-state index contributed by atoms with van der Waals surface area (Å²) in [5, 5.41) is 2.85. The van der Waals surface area contributed by atoms with Crippen LogP contribution in [0.2, 0.25) is 0 Å². The Bertz CT molecular complexity index is 765. The van der Waals surface area contributed by atoms with Crippen LogP contribution in [-0.4, -0.2) is 17.5 Å². The van der Waals surface area contributed by atoms with Crippen LogP contribution in [0, 0.1) is 0 Å². The highest BCUT2D eigenvalue weighted by Crippen LogP contribution is 2.48. The van der Waals surface area contributed by atoms with Gasteiger partial charge in [0.25, 0.3) is 0 Å². The van der Waals surface area contributed by atoms with Crippen molar-refractivity contribution in [3.8, 4) is 5.75 Å². The molecule has 5 nitrogen and oxygen atoms in total. The molecule has 0 radical (unpaired) electrons. The van der Waals surface area contributed by atoms with Crippen LogP contribution in [0.1, 0.15) is 11.3 Å². The van der Waals surface area contributed by atoms with Crippen molar-refractivity contribution >= 4 is 11.6 Å². The predicted molar refractivity (Wildman–Crippen MR) is 68.4 cm³/mol.